The SMILES string of the molecule is CC/C=C/CCCCCCN(CCCCCC/C=C/CC)CC(=O)[O-].[Na+]. The first-order valence-electron chi connectivity index (χ1n) is 10.4. The Labute approximate surface area is 184 Å². The third-order valence-corrected chi connectivity index (χ3v) is 4.35. The molecule has 0 aromatic heterocycles. The molecule has 0 fully saturated rings. The third kappa shape index (κ3) is 22.0. The van der Waals surface area contributed by atoms with Crippen LogP contribution in [0.2, 0.25) is 0 Å². The molecule has 4 heteroatoms. The van der Waals surface area contributed by atoms with E-state index in [9.17, 15) is 9.90 Å². The van der Waals surface area contributed by atoms with E-state index in [1.807, 2.05) is 0 Å². The molecule has 0 unspecified atom stereocenters. The molecule has 0 radical (unpaired) electrons. The van der Waals surface area contributed by atoms with Gasteiger partial charge in [-0.3, -0.25) is 4.90 Å². The Morgan fingerprint density at radius 2 is 1.15 bits per heavy atom. The van der Waals surface area contributed by atoms with Gasteiger partial charge in [-0.1, -0.05) is 63.8 Å². The van der Waals surface area contributed by atoms with E-state index in [2.05, 4.69) is 43.1 Å². The van der Waals surface area contributed by atoms with Crippen LogP contribution in [0.5, 0.6) is 0 Å². The van der Waals surface area contributed by atoms with Crippen molar-refractivity contribution in [3.63, 3.8) is 0 Å². The van der Waals surface area contributed by atoms with E-state index in [4.69, 9.17) is 0 Å². The van der Waals surface area contributed by atoms with Crippen LogP contribution in [0.15, 0.2) is 24.3 Å². The molecule has 0 heterocycles. The molecule has 0 aliphatic carbocycles. The fraction of sp³-hybridized carbons (Fsp3) is 0.773. The topological polar surface area (TPSA) is 43.4 Å². The van der Waals surface area contributed by atoms with Crippen molar-refractivity contribution < 1.29 is 39.5 Å². The van der Waals surface area contributed by atoms with Crippen molar-refractivity contribution in [1.82, 2.24) is 4.90 Å². The number of unbranched alkanes of at least 4 members (excludes halogenated alkanes) is 8. The number of carbonyl (C=O) groups excluding carboxylic acids is 1. The van der Waals surface area contributed by atoms with Crippen LogP contribution in [0, 0.1) is 0 Å². The number of carbonyl (C=O) groups is 1. The number of carboxylic acids is 1. The van der Waals surface area contributed by atoms with Crippen LogP contribution >= 0.6 is 0 Å². The van der Waals surface area contributed by atoms with Crippen LogP contribution in [0.4, 0.5) is 0 Å². The first-order chi connectivity index (χ1) is 12.2. The molecule has 3 nitrogen and oxygen atoms in total. The van der Waals surface area contributed by atoms with Crippen LogP contribution in [0.3, 0.4) is 0 Å². The summed E-state index contributed by atoms with van der Waals surface area (Å²) in [6, 6.07) is 0. The molecule has 0 rings (SSSR count). The molecule has 26 heavy (non-hydrogen) atoms. The Morgan fingerprint density at radius 3 is 1.54 bits per heavy atom. The number of allylic oxidation sites excluding steroid dienone is 4. The summed E-state index contributed by atoms with van der Waals surface area (Å²) in [6.45, 7) is 6.17. The predicted octanol–water partition coefficient (Wildman–Crippen LogP) is 1.88. The van der Waals surface area contributed by atoms with Crippen LogP contribution in [0.25, 0.3) is 0 Å². The maximum Gasteiger partial charge on any atom is 1.00 e. The minimum absolute atomic E-state index is 0. The van der Waals surface area contributed by atoms with Crippen molar-refractivity contribution in [2.24, 2.45) is 0 Å². The minimum atomic E-state index is -0.950. The minimum Gasteiger partial charge on any atom is -0.549 e. The molecule has 0 aromatic rings. The average Bonchev–Trinajstić information content (AvgIpc) is 2.58. The molecule has 0 amide bonds. The summed E-state index contributed by atoms with van der Waals surface area (Å²) in [5.41, 5.74) is 0. The molecule has 0 saturated heterocycles. The van der Waals surface area contributed by atoms with Gasteiger partial charge in [-0.05, 0) is 64.5 Å². The van der Waals surface area contributed by atoms with Crippen molar-refractivity contribution in [3.8, 4) is 0 Å². The number of nitrogens with zero attached hydrogens (tertiary/aromatic N) is 1. The first-order valence-corrected chi connectivity index (χ1v) is 10.4. The maximum atomic E-state index is 10.9. The van der Waals surface area contributed by atoms with Crippen LogP contribution in [0.1, 0.15) is 90.9 Å². The smallest absolute Gasteiger partial charge is 0.549 e. The number of aliphatic carboxylic acids is 1. The van der Waals surface area contributed by atoms with Crippen LogP contribution < -0.4 is 34.7 Å². The van der Waals surface area contributed by atoms with Gasteiger partial charge in [-0.2, -0.15) is 0 Å². The van der Waals surface area contributed by atoms with E-state index in [-0.39, 0.29) is 36.1 Å². The summed E-state index contributed by atoms with van der Waals surface area (Å²) >= 11 is 0. The Balaban J connectivity index is 0. The second-order valence-corrected chi connectivity index (χ2v) is 6.81. The molecule has 0 bridgehead atoms. The van der Waals surface area contributed by atoms with E-state index in [0.29, 0.717) is 0 Å². The van der Waals surface area contributed by atoms with Gasteiger partial charge in [0.25, 0.3) is 0 Å². The number of rotatable bonds is 18. The van der Waals surface area contributed by atoms with Gasteiger partial charge in [-0.15, -0.1) is 0 Å². The monoisotopic (exact) mass is 373 g/mol. The van der Waals surface area contributed by atoms with Gasteiger partial charge in [-0.25, -0.2) is 0 Å². The largest absolute Gasteiger partial charge is 1.00 e. The number of hydrogen-bond acceptors (Lipinski definition) is 3. The fourth-order valence-corrected chi connectivity index (χ4v) is 2.92. The normalized spacial score (nSPS) is 11.5. The Morgan fingerprint density at radius 1 is 0.731 bits per heavy atom. The van der Waals surface area contributed by atoms with E-state index in [1.165, 1.54) is 51.4 Å². The second-order valence-electron chi connectivity index (χ2n) is 6.81. The Kier molecular flexibility index (Phi) is 24.8. The first kappa shape index (κ1) is 28.1. The van der Waals surface area contributed by atoms with Crippen molar-refractivity contribution in [2.75, 3.05) is 19.6 Å². The van der Waals surface area contributed by atoms with Gasteiger partial charge in [0.05, 0.1) is 5.97 Å². The molecule has 0 aromatic carbocycles. The van der Waals surface area contributed by atoms with Crippen molar-refractivity contribution in [2.45, 2.75) is 90.9 Å². The molecule has 0 aliphatic heterocycles. The molecule has 0 N–H and O–H groups in total. The van der Waals surface area contributed by atoms with Crippen molar-refractivity contribution in [3.05, 3.63) is 24.3 Å². The van der Waals surface area contributed by atoms with E-state index in [0.717, 1.165) is 38.8 Å². The van der Waals surface area contributed by atoms with Gasteiger partial charge in [0.2, 0.25) is 0 Å². The molecular formula is C22H40NNaO2. The van der Waals surface area contributed by atoms with Gasteiger partial charge >= 0.3 is 29.6 Å². The van der Waals surface area contributed by atoms with Gasteiger partial charge in [0.1, 0.15) is 0 Å². The molecule has 0 spiro atoms. The molecule has 0 aliphatic rings. The van der Waals surface area contributed by atoms with Gasteiger partial charge < -0.3 is 9.90 Å². The van der Waals surface area contributed by atoms with Crippen LogP contribution in [-0.4, -0.2) is 30.5 Å². The Hall–Kier alpha value is -0.0900. The fourth-order valence-electron chi connectivity index (χ4n) is 2.92. The van der Waals surface area contributed by atoms with Gasteiger partial charge in [0.15, 0.2) is 0 Å². The zero-order valence-corrected chi connectivity index (χ0v) is 19.7. The second kappa shape index (κ2) is 23.0. The van der Waals surface area contributed by atoms with Gasteiger partial charge in [0, 0.05) is 6.54 Å². The standard InChI is InChI=1S/C22H41NO2.Na/c1-3-5-7-9-11-13-15-17-19-23(21-22(24)25)20-18-16-14-12-10-8-6-4-2;/h5-8H,3-4,9-21H2,1-2H3,(H,24,25);/q;+1/p-1/b7-5+,8-6+;. The summed E-state index contributed by atoms with van der Waals surface area (Å²) in [5.74, 6) is -0.950. The molecule has 0 saturated carbocycles. The summed E-state index contributed by atoms with van der Waals surface area (Å²) < 4.78 is 0. The van der Waals surface area contributed by atoms with Crippen LogP contribution in [-0.2, 0) is 4.79 Å². The number of hydrogen-bond donors (Lipinski definition) is 0. The summed E-state index contributed by atoms with van der Waals surface area (Å²) in [5, 5.41) is 10.9. The third-order valence-electron chi connectivity index (χ3n) is 4.35. The quantitative estimate of drug-likeness (QED) is 0.209. The van der Waals surface area contributed by atoms with E-state index < -0.39 is 5.97 Å². The van der Waals surface area contributed by atoms with E-state index in [1.54, 1.807) is 0 Å². The molecular weight excluding hydrogens is 333 g/mol. The molecule has 146 valence electrons. The predicted molar refractivity (Wildman–Crippen MR) is 106 cm³/mol. The zero-order valence-electron chi connectivity index (χ0n) is 17.7. The summed E-state index contributed by atoms with van der Waals surface area (Å²) in [6.07, 6.45) is 23.1. The maximum absolute atomic E-state index is 10.9. The van der Waals surface area contributed by atoms with E-state index >= 15 is 0 Å². The van der Waals surface area contributed by atoms with Crippen molar-refractivity contribution >= 4 is 5.97 Å². The zero-order chi connectivity index (χ0) is 18.6. The summed E-state index contributed by atoms with van der Waals surface area (Å²) in [4.78, 5) is 13.0. The number of carboxylic acid groups (broad SMARTS) is 1. The Bertz CT molecular complexity index is 330. The summed E-state index contributed by atoms with van der Waals surface area (Å²) in [7, 11) is 0. The molecule has 0 atom stereocenters. The van der Waals surface area contributed by atoms with Crippen molar-refractivity contribution in [1.29, 1.82) is 0 Å². The average molecular weight is 374 g/mol.